The zero-order chi connectivity index (χ0) is 12.4. The Morgan fingerprint density at radius 3 is 2.82 bits per heavy atom. The predicted octanol–water partition coefficient (Wildman–Crippen LogP) is 2.32. The number of nitrogens with zero attached hydrogens (tertiary/aromatic N) is 2. The third kappa shape index (κ3) is 2.21. The van der Waals surface area contributed by atoms with E-state index in [-0.39, 0.29) is 0 Å². The van der Waals surface area contributed by atoms with E-state index >= 15 is 0 Å². The normalized spacial score (nSPS) is 10.6. The SMILES string of the molecule is COc1cccc(-c2c(Br)c(CN)nn2C)c1. The molecule has 5 heteroatoms. The van der Waals surface area contributed by atoms with Crippen molar-refractivity contribution in [1.82, 2.24) is 9.78 Å². The number of hydrogen-bond acceptors (Lipinski definition) is 3. The lowest BCUT2D eigenvalue weighted by molar-refractivity contribution is 0.415. The van der Waals surface area contributed by atoms with E-state index in [4.69, 9.17) is 10.5 Å². The third-order valence-corrected chi connectivity index (χ3v) is 3.43. The smallest absolute Gasteiger partial charge is 0.119 e. The average Bonchev–Trinajstić information content (AvgIpc) is 2.64. The van der Waals surface area contributed by atoms with Crippen molar-refractivity contribution < 1.29 is 4.74 Å². The fourth-order valence-electron chi connectivity index (χ4n) is 1.77. The molecular formula is C12H14BrN3O. The molecule has 2 aromatic rings. The molecule has 0 aliphatic carbocycles. The van der Waals surface area contributed by atoms with Crippen LogP contribution in [0.3, 0.4) is 0 Å². The second-order valence-corrected chi connectivity index (χ2v) is 4.46. The molecule has 0 amide bonds. The van der Waals surface area contributed by atoms with Crippen LogP contribution in [0.4, 0.5) is 0 Å². The first-order valence-corrected chi connectivity index (χ1v) is 6.02. The predicted molar refractivity (Wildman–Crippen MR) is 70.8 cm³/mol. The van der Waals surface area contributed by atoms with Gasteiger partial charge in [-0.25, -0.2) is 0 Å². The molecule has 0 aliphatic heterocycles. The lowest BCUT2D eigenvalue weighted by Gasteiger charge is -2.05. The molecule has 2 rings (SSSR count). The van der Waals surface area contributed by atoms with Crippen molar-refractivity contribution in [1.29, 1.82) is 0 Å². The number of rotatable bonds is 3. The first-order chi connectivity index (χ1) is 8.17. The molecule has 0 fully saturated rings. The molecule has 0 aliphatic rings. The monoisotopic (exact) mass is 295 g/mol. The molecule has 1 aromatic carbocycles. The van der Waals surface area contributed by atoms with E-state index in [9.17, 15) is 0 Å². The van der Waals surface area contributed by atoms with Gasteiger partial charge in [-0.15, -0.1) is 0 Å². The Labute approximate surface area is 109 Å². The van der Waals surface area contributed by atoms with Crippen molar-refractivity contribution >= 4 is 15.9 Å². The van der Waals surface area contributed by atoms with E-state index in [0.717, 1.165) is 27.2 Å². The van der Waals surface area contributed by atoms with Crippen molar-refractivity contribution in [2.45, 2.75) is 6.54 Å². The van der Waals surface area contributed by atoms with Gasteiger partial charge in [0.2, 0.25) is 0 Å². The van der Waals surface area contributed by atoms with Gasteiger partial charge in [-0.05, 0) is 28.1 Å². The highest BCUT2D eigenvalue weighted by Gasteiger charge is 2.14. The Morgan fingerprint density at radius 2 is 2.24 bits per heavy atom. The van der Waals surface area contributed by atoms with Gasteiger partial charge in [0.1, 0.15) is 5.75 Å². The van der Waals surface area contributed by atoms with Gasteiger partial charge in [0.25, 0.3) is 0 Å². The number of methoxy groups -OCH3 is 1. The van der Waals surface area contributed by atoms with Gasteiger partial charge in [0.05, 0.1) is 23.0 Å². The number of hydrogen-bond donors (Lipinski definition) is 1. The molecule has 0 saturated carbocycles. The van der Waals surface area contributed by atoms with Gasteiger partial charge in [0, 0.05) is 19.2 Å². The molecule has 0 bridgehead atoms. The van der Waals surface area contributed by atoms with Crippen LogP contribution in [0, 0.1) is 0 Å². The zero-order valence-corrected chi connectivity index (χ0v) is 11.4. The second-order valence-electron chi connectivity index (χ2n) is 3.67. The summed E-state index contributed by atoms with van der Waals surface area (Å²) in [6.45, 7) is 0.415. The van der Waals surface area contributed by atoms with Crippen molar-refractivity contribution in [2.24, 2.45) is 12.8 Å². The molecule has 0 radical (unpaired) electrons. The summed E-state index contributed by atoms with van der Waals surface area (Å²) in [6, 6.07) is 7.86. The van der Waals surface area contributed by atoms with E-state index in [1.165, 1.54) is 0 Å². The fraction of sp³-hybridized carbons (Fsp3) is 0.250. The summed E-state index contributed by atoms with van der Waals surface area (Å²) in [6.07, 6.45) is 0. The Kier molecular flexibility index (Phi) is 3.49. The van der Waals surface area contributed by atoms with Gasteiger partial charge in [0.15, 0.2) is 0 Å². The summed E-state index contributed by atoms with van der Waals surface area (Å²) < 4.78 is 7.98. The maximum Gasteiger partial charge on any atom is 0.119 e. The van der Waals surface area contributed by atoms with Crippen LogP contribution in [0.1, 0.15) is 5.69 Å². The molecule has 0 spiro atoms. The molecule has 4 nitrogen and oxygen atoms in total. The second kappa shape index (κ2) is 4.89. The highest BCUT2D eigenvalue weighted by molar-refractivity contribution is 9.10. The molecule has 2 N–H and O–H groups in total. The van der Waals surface area contributed by atoms with E-state index in [0.29, 0.717) is 6.54 Å². The Balaban J connectivity index is 2.55. The van der Waals surface area contributed by atoms with Crippen molar-refractivity contribution in [3.8, 4) is 17.0 Å². The summed E-state index contributed by atoms with van der Waals surface area (Å²) in [5.74, 6) is 0.824. The topological polar surface area (TPSA) is 53.1 Å². The summed E-state index contributed by atoms with van der Waals surface area (Å²) in [5, 5.41) is 4.36. The first kappa shape index (κ1) is 12.1. The highest BCUT2D eigenvalue weighted by atomic mass is 79.9. The number of ether oxygens (including phenoxy) is 1. The minimum Gasteiger partial charge on any atom is -0.497 e. The van der Waals surface area contributed by atoms with Crippen molar-refractivity contribution in [2.75, 3.05) is 7.11 Å². The van der Waals surface area contributed by atoms with Crippen molar-refractivity contribution in [3.05, 3.63) is 34.4 Å². The largest absolute Gasteiger partial charge is 0.497 e. The molecule has 0 unspecified atom stereocenters. The van der Waals surface area contributed by atoms with Gasteiger partial charge in [-0.1, -0.05) is 12.1 Å². The van der Waals surface area contributed by atoms with E-state index in [2.05, 4.69) is 21.0 Å². The average molecular weight is 296 g/mol. The van der Waals surface area contributed by atoms with Crippen LogP contribution in [-0.4, -0.2) is 16.9 Å². The molecule has 17 heavy (non-hydrogen) atoms. The summed E-state index contributed by atoms with van der Waals surface area (Å²) in [4.78, 5) is 0. The number of nitrogens with two attached hydrogens (primary N) is 1. The van der Waals surface area contributed by atoms with Gasteiger partial charge in [-0.2, -0.15) is 5.10 Å². The molecule has 1 aromatic heterocycles. The number of benzene rings is 1. The van der Waals surface area contributed by atoms with Gasteiger partial charge < -0.3 is 10.5 Å². The van der Waals surface area contributed by atoms with E-state index in [1.807, 2.05) is 36.0 Å². The van der Waals surface area contributed by atoms with Crippen LogP contribution < -0.4 is 10.5 Å². The van der Waals surface area contributed by atoms with E-state index < -0.39 is 0 Å². The van der Waals surface area contributed by atoms with Crippen LogP contribution >= 0.6 is 15.9 Å². The lowest BCUT2D eigenvalue weighted by Crippen LogP contribution is -1.99. The minimum atomic E-state index is 0.415. The molecule has 0 saturated heterocycles. The standard InChI is InChI=1S/C12H14BrN3O/c1-16-12(11(13)10(7-14)15-16)8-4-3-5-9(6-8)17-2/h3-6H,7,14H2,1-2H3. The van der Waals surface area contributed by atoms with Crippen LogP contribution in [0.15, 0.2) is 28.7 Å². The minimum absolute atomic E-state index is 0.415. The van der Waals surface area contributed by atoms with Gasteiger partial charge in [-0.3, -0.25) is 4.68 Å². The zero-order valence-electron chi connectivity index (χ0n) is 9.77. The van der Waals surface area contributed by atoms with Crippen LogP contribution in [0.25, 0.3) is 11.3 Å². The maximum atomic E-state index is 5.64. The summed E-state index contributed by atoms with van der Waals surface area (Å²) >= 11 is 3.54. The first-order valence-electron chi connectivity index (χ1n) is 5.23. The molecule has 0 atom stereocenters. The molecule has 90 valence electrons. The quantitative estimate of drug-likeness (QED) is 0.945. The number of aromatic nitrogens is 2. The van der Waals surface area contributed by atoms with E-state index in [1.54, 1.807) is 7.11 Å². The summed E-state index contributed by atoms with van der Waals surface area (Å²) in [5.41, 5.74) is 8.54. The maximum absolute atomic E-state index is 5.64. The van der Waals surface area contributed by atoms with Crippen LogP contribution in [0.5, 0.6) is 5.75 Å². The lowest BCUT2D eigenvalue weighted by atomic mass is 10.1. The highest BCUT2D eigenvalue weighted by Crippen LogP contribution is 2.32. The molecular weight excluding hydrogens is 282 g/mol. The Morgan fingerprint density at radius 1 is 1.47 bits per heavy atom. The van der Waals surface area contributed by atoms with Gasteiger partial charge >= 0.3 is 0 Å². The Bertz CT molecular complexity index is 537. The number of aryl methyl sites for hydroxylation is 1. The molecule has 1 heterocycles. The Hall–Kier alpha value is -1.33. The van der Waals surface area contributed by atoms with Crippen molar-refractivity contribution in [3.63, 3.8) is 0 Å². The van der Waals surface area contributed by atoms with Crippen LogP contribution in [0.2, 0.25) is 0 Å². The van der Waals surface area contributed by atoms with Crippen LogP contribution in [-0.2, 0) is 13.6 Å². The number of halogens is 1. The fourth-order valence-corrected chi connectivity index (χ4v) is 2.49. The third-order valence-electron chi connectivity index (χ3n) is 2.59. The summed E-state index contributed by atoms with van der Waals surface area (Å²) in [7, 11) is 3.56.